The van der Waals surface area contributed by atoms with Gasteiger partial charge in [0.2, 0.25) is 0 Å². The third-order valence-electron chi connectivity index (χ3n) is 3.87. The van der Waals surface area contributed by atoms with Crippen LogP contribution in [-0.4, -0.2) is 13.2 Å². The number of rotatable bonds is 5. The third-order valence-corrected chi connectivity index (χ3v) is 3.87. The monoisotopic (exact) mass is 285 g/mol. The number of hydrogen-bond donors (Lipinski definition) is 1. The number of ether oxygens (including phenoxy) is 1. The molecule has 1 fully saturated rings. The van der Waals surface area contributed by atoms with Crippen molar-refractivity contribution >= 4 is 0 Å². The van der Waals surface area contributed by atoms with Crippen LogP contribution in [0.4, 0.5) is 4.39 Å². The maximum atomic E-state index is 13.3. The normalized spacial score (nSPS) is 15.8. The second kappa shape index (κ2) is 5.86. The molecule has 1 aliphatic carbocycles. The fraction of sp³-hybridized carbons (Fsp3) is 0.333. The number of aryl methyl sites for hydroxylation is 1. The van der Waals surface area contributed by atoms with E-state index in [0.29, 0.717) is 6.10 Å². The summed E-state index contributed by atoms with van der Waals surface area (Å²) in [6, 6.07) is 13.2. The quantitative estimate of drug-likeness (QED) is 0.897. The van der Waals surface area contributed by atoms with Crippen LogP contribution in [0.3, 0.4) is 0 Å². The van der Waals surface area contributed by atoms with E-state index in [1.165, 1.54) is 6.07 Å². The Morgan fingerprint density at radius 1 is 1.14 bits per heavy atom. The highest BCUT2D eigenvalue weighted by molar-refractivity contribution is 5.39. The van der Waals surface area contributed by atoms with E-state index >= 15 is 0 Å². The zero-order valence-corrected chi connectivity index (χ0v) is 12.4. The summed E-state index contributed by atoms with van der Waals surface area (Å²) in [4.78, 5) is 0. The Kier molecular flexibility index (Phi) is 3.93. The van der Waals surface area contributed by atoms with Crippen molar-refractivity contribution in [3.8, 4) is 5.75 Å². The Hall–Kier alpha value is -1.87. The van der Waals surface area contributed by atoms with Crippen molar-refractivity contribution in [3.63, 3.8) is 0 Å². The standard InChI is InChI=1S/C18H20FNO/c1-12-11-14(19)5-10-17(12)18(20-2)13-3-6-15(7-4-13)21-16-8-9-16/h3-7,10-11,16,18,20H,8-9H2,1-2H3. The molecule has 21 heavy (non-hydrogen) atoms. The SMILES string of the molecule is CNC(c1ccc(OC2CC2)cc1)c1ccc(F)cc1C. The van der Waals surface area contributed by atoms with Gasteiger partial charge in [-0.2, -0.15) is 0 Å². The van der Waals surface area contributed by atoms with E-state index < -0.39 is 0 Å². The van der Waals surface area contributed by atoms with Gasteiger partial charge in [0.1, 0.15) is 11.6 Å². The molecule has 2 aromatic rings. The summed E-state index contributed by atoms with van der Waals surface area (Å²) < 4.78 is 19.0. The van der Waals surface area contributed by atoms with Crippen LogP contribution < -0.4 is 10.1 Å². The lowest BCUT2D eigenvalue weighted by Gasteiger charge is -2.20. The van der Waals surface area contributed by atoms with Gasteiger partial charge in [0.15, 0.2) is 0 Å². The Morgan fingerprint density at radius 2 is 1.86 bits per heavy atom. The largest absolute Gasteiger partial charge is 0.490 e. The molecular formula is C18H20FNO. The fourth-order valence-electron chi connectivity index (χ4n) is 2.58. The molecule has 0 aliphatic heterocycles. The van der Waals surface area contributed by atoms with E-state index in [4.69, 9.17) is 4.74 Å². The highest BCUT2D eigenvalue weighted by atomic mass is 19.1. The van der Waals surface area contributed by atoms with Crippen molar-refractivity contribution < 1.29 is 9.13 Å². The molecule has 1 N–H and O–H groups in total. The summed E-state index contributed by atoms with van der Waals surface area (Å²) in [5.74, 6) is 0.728. The van der Waals surface area contributed by atoms with Crippen molar-refractivity contribution in [2.45, 2.75) is 31.9 Å². The molecule has 0 radical (unpaired) electrons. The van der Waals surface area contributed by atoms with E-state index in [1.54, 1.807) is 6.07 Å². The molecule has 2 aromatic carbocycles. The lowest BCUT2D eigenvalue weighted by Crippen LogP contribution is -2.18. The van der Waals surface area contributed by atoms with Crippen LogP contribution in [0.1, 0.15) is 35.6 Å². The number of hydrogen-bond acceptors (Lipinski definition) is 2. The minimum absolute atomic E-state index is 0.0561. The van der Waals surface area contributed by atoms with Crippen LogP contribution in [0, 0.1) is 12.7 Å². The summed E-state index contributed by atoms with van der Waals surface area (Å²) >= 11 is 0. The Morgan fingerprint density at radius 3 is 2.43 bits per heavy atom. The summed E-state index contributed by atoms with van der Waals surface area (Å²) in [6.07, 6.45) is 2.74. The molecule has 1 saturated carbocycles. The molecule has 2 nitrogen and oxygen atoms in total. The first kappa shape index (κ1) is 14.1. The second-order valence-electron chi connectivity index (χ2n) is 5.61. The predicted octanol–water partition coefficient (Wildman–Crippen LogP) is 3.98. The summed E-state index contributed by atoms with van der Waals surface area (Å²) in [5.41, 5.74) is 3.19. The van der Waals surface area contributed by atoms with Crippen molar-refractivity contribution in [2.24, 2.45) is 0 Å². The smallest absolute Gasteiger partial charge is 0.123 e. The average Bonchev–Trinajstić information content (AvgIpc) is 3.27. The van der Waals surface area contributed by atoms with Crippen LogP contribution in [0.25, 0.3) is 0 Å². The Bertz CT molecular complexity index is 620. The van der Waals surface area contributed by atoms with Gasteiger partial charge in [-0.25, -0.2) is 4.39 Å². The topological polar surface area (TPSA) is 21.3 Å². The van der Waals surface area contributed by atoms with Crippen molar-refractivity contribution in [1.82, 2.24) is 5.32 Å². The van der Waals surface area contributed by atoms with Crippen LogP contribution in [0.15, 0.2) is 42.5 Å². The van der Waals surface area contributed by atoms with Crippen LogP contribution in [-0.2, 0) is 0 Å². The highest BCUT2D eigenvalue weighted by Crippen LogP contribution is 2.29. The van der Waals surface area contributed by atoms with E-state index in [-0.39, 0.29) is 11.9 Å². The minimum atomic E-state index is -0.195. The molecular weight excluding hydrogens is 265 g/mol. The molecule has 1 unspecified atom stereocenters. The maximum Gasteiger partial charge on any atom is 0.123 e. The molecule has 0 aromatic heterocycles. The van der Waals surface area contributed by atoms with Gasteiger partial charge < -0.3 is 10.1 Å². The minimum Gasteiger partial charge on any atom is -0.490 e. The molecule has 0 heterocycles. The third kappa shape index (κ3) is 3.24. The molecule has 3 heteroatoms. The zero-order chi connectivity index (χ0) is 14.8. The summed E-state index contributed by atoms with van der Waals surface area (Å²) in [7, 11) is 1.92. The first-order valence-electron chi connectivity index (χ1n) is 7.37. The summed E-state index contributed by atoms with van der Waals surface area (Å²) in [6.45, 7) is 1.94. The van der Waals surface area contributed by atoms with E-state index in [2.05, 4.69) is 17.4 Å². The van der Waals surface area contributed by atoms with Crippen LogP contribution in [0.2, 0.25) is 0 Å². The van der Waals surface area contributed by atoms with Gasteiger partial charge >= 0.3 is 0 Å². The average molecular weight is 285 g/mol. The first-order chi connectivity index (χ1) is 10.2. The molecule has 1 aliphatic rings. The zero-order valence-electron chi connectivity index (χ0n) is 12.4. The number of nitrogens with one attached hydrogen (secondary N) is 1. The van der Waals surface area contributed by atoms with Crippen LogP contribution >= 0.6 is 0 Å². The lowest BCUT2D eigenvalue weighted by atomic mass is 9.95. The van der Waals surface area contributed by atoms with E-state index in [9.17, 15) is 4.39 Å². The van der Waals surface area contributed by atoms with Gasteiger partial charge in [0, 0.05) is 0 Å². The Balaban J connectivity index is 1.84. The van der Waals surface area contributed by atoms with Crippen LogP contribution in [0.5, 0.6) is 5.75 Å². The van der Waals surface area contributed by atoms with Gasteiger partial charge in [-0.05, 0) is 67.8 Å². The molecule has 3 rings (SSSR count). The molecule has 1 atom stereocenters. The van der Waals surface area contributed by atoms with Gasteiger partial charge in [-0.15, -0.1) is 0 Å². The predicted molar refractivity (Wildman–Crippen MR) is 82.1 cm³/mol. The van der Waals surface area contributed by atoms with E-state index in [1.807, 2.05) is 32.2 Å². The fourth-order valence-corrected chi connectivity index (χ4v) is 2.58. The van der Waals surface area contributed by atoms with Crippen molar-refractivity contribution in [2.75, 3.05) is 7.05 Å². The molecule has 0 amide bonds. The Labute approximate surface area is 125 Å². The molecule has 0 bridgehead atoms. The van der Waals surface area contributed by atoms with Crippen molar-refractivity contribution in [3.05, 3.63) is 65.0 Å². The molecule has 0 saturated heterocycles. The van der Waals surface area contributed by atoms with E-state index in [0.717, 1.165) is 35.3 Å². The van der Waals surface area contributed by atoms with Gasteiger partial charge in [0.25, 0.3) is 0 Å². The highest BCUT2D eigenvalue weighted by Gasteiger charge is 2.23. The number of benzene rings is 2. The first-order valence-corrected chi connectivity index (χ1v) is 7.37. The lowest BCUT2D eigenvalue weighted by molar-refractivity contribution is 0.303. The maximum absolute atomic E-state index is 13.3. The molecule has 110 valence electrons. The second-order valence-corrected chi connectivity index (χ2v) is 5.61. The van der Waals surface area contributed by atoms with Gasteiger partial charge in [0.05, 0.1) is 12.1 Å². The number of halogens is 1. The summed E-state index contributed by atoms with van der Waals surface area (Å²) in [5, 5.41) is 3.30. The van der Waals surface area contributed by atoms with Gasteiger partial charge in [-0.3, -0.25) is 0 Å². The van der Waals surface area contributed by atoms with Crippen molar-refractivity contribution in [1.29, 1.82) is 0 Å². The van der Waals surface area contributed by atoms with Gasteiger partial charge in [-0.1, -0.05) is 18.2 Å². The molecule has 0 spiro atoms.